The molecule has 0 saturated carbocycles. The van der Waals surface area contributed by atoms with Crippen molar-refractivity contribution in [2.45, 2.75) is 45.7 Å². The summed E-state index contributed by atoms with van der Waals surface area (Å²) in [7, 11) is 0. The second-order valence-electron chi connectivity index (χ2n) is 8.95. The maximum absolute atomic E-state index is 13.0. The van der Waals surface area contributed by atoms with E-state index in [0.717, 1.165) is 38.0 Å². The number of amides is 2. The van der Waals surface area contributed by atoms with Crippen LogP contribution in [0, 0.1) is 11.7 Å². The van der Waals surface area contributed by atoms with Gasteiger partial charge in [0.25, 0.3) is 5.91 Å². The van der Waals surface area contributed by atoms with Crippen LogP contribution in [0.25, 0.3) is 0 Å². The van der Waals surface area contributed by atoms with Gasteiger partial charge in [-0.1, -0.05) is 12.1 Å². The lowest BCUT2D eigenvalue weighted by atomic mass is 9.94. The third kappa shape index (κ3) is 6.39. The topological polar surface area (TPSA) is 61.4 Å². The first-order chi connectivity index (χ1) is 14.2. The highest BCUT2D eigenvalue weighted by atomic mass is 19.1. The van der Waals surface area contributed by atoms with Gasteiger partial charge in [-0.05, 0) is 88.7 Å². The van der Waals surface area contributed by atoms with Crippen molar-refractivity contribution in [3.63, 3.8) is 0 Å². The number of rotatable bonds is 5. The van der Waals surface area contributed by atoms with Gasteiger partial charge in [0, 0.05) is 29.3 Å². The summed E-state index contributed by atoms with van der Waals surface area (Å²) in [6, 6.07) is 13.2. The Balaban J connectivity index is 1.53. The standard InChI is InChI=1S/C24H30FN3O2/c1-24(2,3)27-23(30)19-11-13-28(14-12-19)16-17-5-4-6-21(15-17)26-22(29)18-7-9-20(25)10-8-18/h4-10,15,19H,11-14,16H2,1-3H3,(H,26,29)(H,27,30). The number of likely N-dealkylation sites (tertiary alicyclic amines) is 1. The molecule has 1 fully saturated rings. The first-order valence-electron chi connectivity index (χ1n) is 10.4. The number of hydrogen-bond donors (Lipinski definition) is 2. The van der Waals surface area contributed by atoms with Gasteiger partial charge in [-0.15, -0.1) is 0 Å². The molecule has 2 N–H and O–H groups in total. The van der Waals surface area contributed by atoms with Crippen LogP contribution in [0.1, 0.15) is 49.5 Å². The molecule has 0 spiro atoms. The monoisotopic (exact) mass is 411 g/mol. The van der Waals surface area contributed by atoms with Crippen molar-refractivity contribution >= 4 is 17.5 Å². The Kier molecular flexibility index (Phi) is 6.87. The Morgan fingerprint density at radius 2 is 1.73 bits per heavy atom. The van der Waals surface area contributed by atoms with Gasteiger partial charge in [0.15, 0.2) is 0 Å². The van der Waals surface area contributed by atoms with E-state index in [-0.39, 0.29) is 29.1 Å². The Morgan fingerprint density at radius 3 is 2.37 bits per heavy atom. The largest absolute Gasteiger partial charge is 0.351 e. The molecule has 0 aromatic heterocycles. The van der Waals surface area contributed by atoms with E-state index >= 15 is 0 Å². The van der Waals surface area contributed by atoms with E-state index in [4.69, 9.17) is 0 Å². The Bertz CT molecular complexity index is 882. The summed E-state index contributed by atoms with van der Waals surface area (Å²) in [4.78, 5) is 27.0. The van der Waals surface area contributed by atoms with Crippen LogP contribution in [-0.2, 0) is 11.3 Å². The highest BCUT2D eigenvalue weighted by molar-refractivity contribution is 6.04. The van der Waals surface area contributed by atoms with Crippen LogP contribution in [0.4, 0.5) is 10.1 Å². The summed E-state index contributed by atoms with van der Waals surface area (Å²) in [5.41, 5.74) is 2.02. The molecular weight excluding hydrogens is 381 g/mol. The average molecular weight is 412 g/mol. The maximum atomic E-state index is 13.0. The van der Waals surface area contributed by atoms with Gasteiger partial charge in [0.05, 0.1) is 0 Å². The normalized spacial score (nSPS) is 15.6. The first kappa shape index (κ1) is 22.0. The minimum absolute atomic E-state index is 0.0711. The van der Waals surface area contributed by atoms with Crippen LogP contribution in [-0.4, -0.2) is 35.3 Å². The Morgan fingerprint density at radius 1 is 1.07 bits per heavy atom. The van der Waals surface area contributed by atoms with E-state index in [1.165, 1.54) is 24.3 Å². The molecule has 0 bridgehead atoms. The Labute approximate surface area is 177 Å². The molecule has 2 aromatic carbocycles. The summed E-state index contributed by atoms with van der Waals surface area (Å²) < 4.78 is 13.0. The van der Waals surface area contributed by atoms with Gasteiger partial charge >= 0.3 is 0 Å². The van der Waals surface area contributed by atoms with Crippen molar-refractivity contribution in [1.29, 1.82) is 0 Å². The van der Waals surface area contributed by atoms with Crippen molar-refractivity contribution in [3.8, 4) is 0 Å². The fourth-order valence-electron chi connectivity index (χ4n) is 3.64. The van der Waals surface area contributed by atoms with E-state index in [2.05, 4.69) is 15.5 Å². The van der Waals surface area contributed by atoms with E-state index in [0.29, 0.717) is 11.3 Å². The molecule has 0 atom stereocenters. The number of carbonyl (C=O) groups excluding carboxylic acids is 2. The average Bonchev–Trinajstić information content (AvgIpc) is 2.68. The molecule has 6 heteroatoms. The van der Waals surface area contributed by atoms with E-state index in [9.17, 15) is 14.0 Å². The molecule has 160 valence electrons. The van der Waals surface area contributed by atoms with Crippen LogP contribution in [0.2, 0.25) is 0 Å². The van der Waals surface area contributed by atoms with Crippen molar-refractivity contribution in [2.24, 2.45) is 5.92 Å². The van der Waals surface area contributed by atoms with Gasteiger partial charge in [-0.25, -0.2) is 4.39 Å². The SMILES string of the molecule is CC(C)(C)NC(=O)C1CCN(Cc2cccc(NC(=O)c3ccc(F)cc3)c2)CC1. The number of piperidine rings is 1. The van der Waals surface area contributed by atoms with Crippen LogP contribution < -0.4 is 10.6 Å². The summed E-state index contributed by atoms with van der Waals surface area (Å²) >= 11 is 0. The minimum atomic E-state index is -0.367. The Hall–Kier alpha value is -2.73. The molecular formula is C24H30FN3O2. The fourth-order valence-corrected chi connectivity index (χ4v) is 3.64. The fraction of sp³-hybridized carbons (Fsp3) is 0.417. The minimum Gasteiger partial charge on any atom is -0.351 e. The lowest BCUT2D eigenvalue weighted by Gasteiger charge is -2.33. The van der Waals surface area contributed by atoms with E-state index in [1.54, 1.807) is 0 Å². The number of carbonyl (C=O) groups is 2. The van der Waals surface area contributed by atoms with Gasteiger partial charge in [-0.2, -0.15) is 0 Å². The van der Waals surface area contributed by atoms with Gasteiger partial charge < -0.3 is 10.6 Å². The molecule has 0 radical (unpaired) electrons. The number of halogens is 1. The second-order valence-corrected chi connectivity index (χ2v) is 8.95. The van der Waals surface area contributed by atoms with Gasteiger partial charge in [0.2, 0.25) is 5.91 Å². The van der Waals surface area contributed by atoms with Crippen LogP contribution >= 0.6 is 0 Å². The van der Waals surface area contributed by atoms with Crippen LogP contribution in [0.15, 0.2) is 48.5 Å². The summed E-state index contributed by atoms with van der Waals surface area (Å²) in [6.45, 7) is 8.52. The number of benzene rings is 2. The van der Waals surface area contributed by atoms with E-state index in [1.807, 2.05) is 45.0 Å². The molecule has 5 nitrogen and oxygen atoms in total. The zero-order valence-electron chi connectivity index (χ0n) is 17.9. The molecule has 2 amide bonds. The molecule has 0 aliphatic carbocycles. The number of nitrogens with one attached hydrogen (secondary N) is 2. The zero-order chi connectivity index (χ0) is 21.7. The molecule has 1 aliphatic heterocycles. The molecule has 0 unspecified atom stereocenters. The number of anilines is 1. The lowest BCUT2D eigenvalue weighted by Crippen LogP contribution is -2.46. The third-order valence-electron chi connectivity index (χ3n) is 5.15. The summed E-state index contributed by atoms with van der Waals surface area (Å²) in [5, 5.41) is 5.94. The van der Waals surface area contributed by atoms with E-state index < -0.39 is 0 Å². The van der Waals surface area contributed by atoms with Crippen molar-refractivity contribution in [1.82, 2.24) is 10.2 Å². The first-order valence-corrected chi connectivity index (χ1v) is 10.4. The van der Waals surface area contributed by atoms with Crippen molar-refractivity contribution in [2.75, 3.05) is 18.4 Å². The molecule has 1 saturated heterocycles. The highest BCUT2D eigenvalue weighted by Crippen LogP contribution is 2.21. The number of hydrogen-bond acceptors (Lipinski definition) is 3. The highest BCUT2D eigenvalue weighted by Gasteiger charge is 2.27. The van der Waals surface area contributed by atoms with Crippen LogP contribution in [0.5, 0.6) is 0 Å². The second kappa shape index (κ2) is 9.39. The van der Waals surface area contributed by atoms with Crippen LogP contribution in [0.3, 0.4) is 0 Å². The lowest BCUT2D eigenvalue weighted by molar-refractivity contribution is -0.127. The third-order valence-corrected chi connectivity index (χ3v) is 5.15. The van der Waals surface area contributed by atoms with Gasteiger partial charge in [-0.3, -0.25) is 14.5 Å². The number of nitrogens with zero attached hydrogens (tertiary/aromatic N) is 1. The van der Waals surface area contributed by atoms with Gasteiger partial charge in [0.1, 0.15) is 5.82 Å². The van der Waals surface area contributed by atoms with Crippen molar-refractivity contribution in [3.05, 3.63) is 65.5 Å². The molecule has 2 aromatic rings. The maximum Gasteiger partial charge on any atom is 0.255 e. The predicted molar refractivity (Wildman–Crippen MR) is 117 cm³/mol. The molecule has 1 aliphatic rings. The predicted octanol–water partition coefficient (Wildman–Crippen LogP) is 4.20. The summed E-state index contributed by atoms with van der Waals surface area (Å²) in [6.07, 6.45) is 1.70. The molecule has 1 heterocycles. The molecule has 3 rings (SSSR count). The zero-order valence-corrected chi connectivity index (χ0v) is 17.9. The quantitative estimate of drug-likeness (QED) is 0.775. The molecule has 30 heavy (non-hydrogen) atoms. The smallest absolute Gasteiger partial charge is 0.255 e. The van der Waals surface area contributed by atoms with Crippen molar-refractivity contribution < 1.29 is 14.0 Å². The summed E-state index contributed by atoms with van der Waals surface area (Å²) in [5.74, 6) is -0.416.